The predicted molar refractivity (Wildman–Crippen MR) is 87.4 cm³/mol. The van der Waals surface area contributed by atoms with E-state index in [9.17, 15) is 14.7 Å². The molecular weight excluding hydrogens is 328 g/mol. The van der Waals surface area contributed by atoms with Crippen LogP contribution in [-0.2, 0) is 11.2 Å². The zero-order valence-corrected chi connectivity index (χ0v) is 14.1. The van der Waals surface area contributed by atoms with Crippen molar-refractivity contribution in [1.82, 2.24) is 0 Å². The first kappa shape index (κ1) is 16.9. The zero-order valence-electron chi connectivity index (χ0n) is 14.1. The average Bonchev–Trinajstić information content (AvgIpc) is 2.91. The Morgan fingerprint density at radius 1 is 1.20 bits per heavy atom. The minimum absolute atomic E-state index is 0.0987. The Morgan fingerprint density at radius 3 is 2.60 bits per heavy atom. The van der Waals surface area contributed by atoms with E-state index in [1.807, 2.05) is 6.92 Å². The second-order valence-corrected chi connectivity index (χ2v) is 5.62. The summed E-state index contributed by atoms with van der Waals surface area (Å²) in [5.74, 6) is 0.0192. The smallest absolute Gasteiger partial charge is 0.339 e. The first-order valence-corrected chi connectivity index (χ1v) is 7.82. The van der Waals surface area contributed by atoms with Crippen LogP contribution in [0.1, 0.15) is 46.7 Å². The molecule has 7 heteroatoms. The van der Waals surface area contributed by atoms with Gasteiger partial charge in [-0.25, -0.2) is 4.79 Å². The summed E-state index contributed by atoms with van der Waals surface area (Å²) in [5.41, 5.74) is 0.256. The van der Waals surface area contributed by atoms with Crippen molar-refractivity contribution in [2.45, 2.75) is 25.9 Å². The molecule has 1 atom stereocenters. The number of carbonyl (C=O) groups is 1. The first-order chi connectivity index (χ1) is 12.0. The highest BCUT2D eigenvalue weighted by molar-refractivity contribution is 5.96. The van der Waals surface area contributed by atoms with Gasteiger partial charge in [0.05, 0.1) is 30.9 Å². The number of esters is 1. The Labute approximate surface area is 143 Å². The van der Waals surface area contributed by atoms with Crippen molar-refractivity contribution in [1.29, 1.82) is 0 Å². The molecule has 1 aromatic heterocycles. The van der Waals surface area contributed by atoms with E-state index in [-0.39, 0.29) is 28.4 Å². The maximum atomic E-state index is 12.8. The monoisotopic (exact) mass is 346 g/mol. The molecule has 0 fully saturated rings. The fourth-order valence-corrected chi connectivity index (χ4v) is 2.96. The summed E-state index contributed by atoms with van der Waals surface area (Å²) >= 11 is 0. The van der Waals surface area contributed by atoms with E-state index >= 15 is 0 Å². The standard InChI is InChI=1S/C18H18O7/c1-4-5-12-17(23-3)15(20)11(8-24-12)16-14-10(18(21)25-16)6-9(19)7-13(14)22-2/h6-8,16,19H,4-5H2,1-3H3. The van der Waals surface area contributed by atoms with Gasteiger partial charge in [-0.15, -0.1) is 0 Å². The molecule has 0 saturated carbocycles. The van der Waals surface area contributed by atoms with Gasteiger partial charge in [-0.2, -0.15) is 0 Å². The van der Waals surface area contributed by atoms with Gasteiger partial charge in [0.15, 0.2) is 6.10 Å². The lowest BCUT2D eigenvalue weighted by Crippen LogP contribution is -2.18. The molecule has 2 aromatic rings. The lowest BCUT2D eigenvalue weighted by molar-refractivity contribution is 0.0449. The number of fused-ring (bicyclic) bond motifs is 1. The van der Waals surface area contributed by atoms with E-state index in [0.29, 0.717) is 17.7 Å². The third kappa shape index (κ3) is 2.71. The van der Waals surface area contributed by atoms with Crippen molar-refractivity contribution in [2.24, 2.45) is 0 Å². The van der Waals surface area contributed by atoms with E-state index < -0.39 is 17.5 Å². The number of methoxy groups -OCH3 is 2. The van der Waals surface area contributed by atoms with Crippen molar-refractivity contribution < 1.29 is 28.5 Å². The van der Waals surface area contributed by atoms with Gasteiger partial charge in [0.2, 0.25) is 11.2 Å². The molecule has 1 aliphatic rings. The number of hydrogen-bond donors (Lipinski definition) is 1. The molecule has 0 amide bonds. The molecule has 7 nitrogen and oxygen atoms in total. The van der Waals surface area contributed by atoms with Crippen LogP contribution in [0.5, 0.6) is 17.2 Å². The fraction of sp³-hybridized carbons (Fsp3) is 0.333. The van der Waals surface area contributed by atoms with E-state index in [1.54, 1.807) is 0 Å². The summed E-state index contributed by atoms with van der Waals surface area (Å²) in [4.78, 5) is 25.0. The maximum Gasteiger partial charge on any atom is 0.339 e. The van der Waals surface area contributed by atoms with Gasteiger partial charge in [-0.1, -0.05) is 6.92 Å². The number of rotatable bonds is 5. The number of hydrogen-bond acceptors (Lipinski definition) is 7. The van der Waals surface area contributed by atoms with Gasteiger partial charge in [0, 0.05) is 12.5 Å². The highest BCUT2D eigenvalue weighted by Gasteiger charge is 2.38. The lowest BCUT2D eigenvalue weighted by Gasteiger charge is -2.15. The summed E-state index contributed by atoms with van der Waals surface area (Å²) in [6.07, 6.45) is 1.64. The first-order valence-electron chi connectivity index (χ1n) is 7.82. The molecule has 25 heavy (non-hydrogen) atoms. The molecule has 0 radical (unpaired) electrons. The summed E-state index contributed by atoms with van der Waals surface area (Å²) in [7, 11) is 2.80. The summed E-state index contributed by atoms with van der Waals surface area (Å²) in [6.45, 7) is 1.96. The molecule has 0 aliphatic carbocycles. The summed E-state index contributed by atoms with van der Waals surface area (Å²) in [6, 6.07) is 2.64. The normalized spacial score (nSPS) is 15.6. The molecule has 3 rings (SSSR count). The highest BCUT2D eigenvalue weighted by Crippen LogP contribution is 2.43. The predicted octanol–water partition coefficient (Wildman–Crippen LogP) is 2.57. The van der Waals surface area contributed by atoms with Gasteiger partial charge < -0.3 is 23.7 Å². The van der Waals surface area contributed by atoms with Crippen LogP contribution in [0.25, 0.3) is 0 Å². The Hall–Kier alpha value is -2.96. The van der Waals surface area contributed by atoms with Gasteiger partial charge in [-0.3, -0.25) is 4.79 Å². The van der Waals surface area contributed by atoms with Crippen LogP contribution in [0.2, 0.25) is 0 Å². The number of benzene rings is 1. The molecule has 0 bridgehead atoms. The van der Waals surface area contributed by atoms with Crippen LogP contribution in [-0.4, -0.2) is 25.3 Å². The SMILES string of the molecule is CCCc1occ(C2OC(=O)c3cc(O)cc(OC)c32)c(=O)c1OC. The average molecular weight is 346 g/mol. The number of cyclic esters (lactones) is 1. The van der Waals surface area contributed by atoms with Crippen molar-refractivity contribution in [3.63, 3.8) is 0 Å². The number of ether oxygens (including phenoxy) is 3. The maximum absolute atomic E-state index is 12.8. The minimum atomic E-state index is -0.987. The Kier molecular flexibility index (Phi) is 4.39. The van der Waals surface area contributed by atoms with E-state index in [4.69, 9.17) is 18.6 Å². The van der Waals surface area contributed by atoms with Gasteiger partial charge in [0.25, 0.3) is 0 Å². The molecular formula is C18H18O7. The van der Waals surface area contributed by atoms with Crippen LogP contribution < -0.4 is 14.9 Å². The van der Waals surface area contributed by atoms with Crippen molar-refractivity contribution >= 4 is 5.97 Å². The number of phenols is 1. The third-order valence-electron chi connectivity index (χ3n) is 4.07. The van der Waals surface area contributed by atoms with E-state index in [1.165, 1.54) is 32.6 Å². The number of carbonyl (C=O) groups excluding carboxylic acids is 1. The van der Waals surface area contributed by atoms with Crippen molar-refractivity contribution in [3.8, 4) is 17.2 Å². The van der Waals surface area contributed by atoms with Gasteiger partial charge in [0.1, 0.15) is 23.5 Å². The Morgan fingerprint density at radius 2 is 1.96 bits per heavy atom. The highest BCUT2D eigenvalue weighted by atomic mass is 16.6. The van der Waals surface area contributed by atoms with Crippen molar-refractivity contribution in [3.05, 3.63) is 51.1 Å². The topological polar surface area (TPSA) is 95.2 Å². The van der Waals surface area contributed by atoms with Crippen LogP contribution in [0.4, 0.5) is 0 Å². The number of aromatic hydroxyl groups is 1. The molecule has 1 unspecified atom stereocenters. The molecule has 1 aromatic carbocycles. The van der Waals surface area contributed by atoms with Crippen LogP contribution in [0.3, 0.4) is 0 Å². The quantitative estimate of drug-likeness (QED) is 0.831. The van der Waals surface area contributed by atoms with Crippen LogP contribution in [0.15, 0.2) is 27.6 Å². The fourth-order valence-electron chi connectivity index (χ4n) is 2.96. The van der Waals surface area contributed by atoms with Crippen LogP contribution >= 0.6 is 0 Å². The van der Waals surface area contributed by atoms with Gasteiger partial charge >= 0.3 is 5.97 Å². The van der Waals surface area contributed by atoms with E-state index in [0.717, 1.165) is 6.42 Å². The van der Waals surface area contributed by atoms with E-state index in [2.05, 4.69) is 0 Å². The van der Waals surface area contributed by atoms with Gasteiger partial charge in [-0.05, 0) is 12.5 Å². The Bertz CT molecular complexity index is 882. The number of phenolic OH excluding ortho intramolecular Hbond substituents is 1. The molecule has 1 N–H and O–H groups in total. The molecule has 2 heterocycles. The molecule has 0 spiro atoms. The van der Waals surface area contributed by atoms with Crippen LogP contribution in [0, 0.1) is 0 Å². The molecule has 0 saturated heterocycles. The second-order valence-electron chi connectivity index (χ2n) is 5.62. The largest absolute Gasteiger partial charge is 0.508 e. The third-order valence-corrected chi connectivity index (χ3v) is 4.07. The molecule has 132 valence electrons. The lowest BCUT2D eigenvalue weighted by atomic mass is 9.98. The van der Waals surface area contributed by atoms with Crippen molar-refractivity contribution in [2.75, 3.05) is 14.2 Å². The Balaban J connectivity index is 2.18. The zero-order chi connectivity index (χ0) is 18.1. The number of aryl methyl sites for hydroxylation is 1. The summed E-state index contributed by atoms with van der Waals surface area (Å²) < 4.78 is 21.3. The second kappa shape index (κ2) is 6.51. The molecule has 1 aliphatic heterocycles. The summed E-state index contributed by atoms with van der Waals surface area (Å²) in [5, 5.41) is 9.73. The minimum Gasteiger partial charge on any atom is -0.508 e.